The van der Waals surface area contributed by atoms with Crippen LogP contribution in [0.4, 0.5) is 0 Å². The van der Waals surface area contributed by atoms with E-state index in [2.05, 4.69) is 9.71 Å². The maximum atomic E-state index is 12.4. The molecule has 2 aromatic rings. The fraction of sp³-hybridized carbons (Fsp3) is 0.417. The van der Waals surface area contributed by atoms with Gasteiger partial charge in [-0.1, -0.05) is 0 Å². The number of hydrogen-bond donors (Lipinski definition) is 2. The van der Waals surface area contributed by atoms with Crippen molar-refractivity contribution in [1.82, 2.24) is 9.71 Å². The number of aliphatic hydroxyl groups excluding tert-OH is 1. The van der Waals surface area contributed by atoms with E-state index in [0.29, 0.717) is 10.4 Å². The fourth-order valence-corrected chi connectivity index (χ4v) is 5.62. The molecule has 2 aromatic heterocycles. The van der Waals surface area contributed by atoms with Gasteiger partial charge in [0.25, 0.3) is 0 Å². The molecular weight excluding hydrogens is 316 g/mol. The molecule has 1 unspecified atom stereocenters. The second kappa shape index (κ2) is 5.90. The van der Waals surface area contributed by atoms with Crippen molar-refractivity contribution in [2.75, 3.05) is 0 Å². The molecule has 2 heterocycles. The second-order valence-corrected chi connectivity index (χ2v) is 8.00. The van der Waals surface area contributed by atoms with E-state index in [9.17, 15) is 13.5 Å². The number of sulfonamides is 1. The van der Waals surface area contributed by atoms with Crippen molar-refractivity contribution in [2.45, 2.75) is 38.3 Å². The molecule has 0 bridgehead atoms. The van der Waals surface area contributed by atoms with Crippen molar-refractivity contribution >= 4 is 32.7 Å². The third-order valence-electron chi connectivity index (χ3n) is 2.74. The summed E-state index contributed by atoms with van der Waals surface area (Å²) in [4.78, 5) is 4.93. The highest BCUT2D eigenvalue weighted by atomic mass is 32.2. The summed E-state index contributed by atoms with van der Waals surface area (Å²) in [7, 11) is -3.66. The molecule has 0 amide bonds. The van der Waals surface area contributed by atoms with E-state index in [1.54, 1.807) is 19.2 Å². The first-order valence-electron chi connectivity index (χ1n) is 5.97. The Labute approximate surface area is 126 Å². The SMILES string of the molecule is Cc1csc(C(C)NS(=O)(=O)c2c(C)csc2CO)n1. The first-order chi connectivity index (χ1) is 9.35. The van der Waals surface area contributed by atoms with Gasteiger partial charge in [-0.2, -0.15) is 0 Å². The molecule has 110 valence electrons. The Bertz CT molecular complexity index is 703. The largest absolute Gasteiger partial charge is 0.391 e. The highest BCUT2D eigenvalue weighted by Gasteiger charge is 2.25. The van der Waals surface area contributed by atoms with Gasteiger partial charge in [0.15, 0.2) is 0 Å². The van der Waals surface area contributed by atoms with Gasteiger partial charge in [-0.3, -0.25) is 0 Å². The molecule has 2 N–H and O–H groups in total. The zero-order valence-electron chi connectivity index (χ0n) is 11.4. The Balaban J connectivity index is 2.29. The predicted octanol–water partition coefficient (Wildman–Crippen LogP) is 2.35. The van der Waals surface area contributed by atoms with Crippen LogP contribution >= 0.6 is 22.7 Å². The van der Waals surface area contributed by atoms with Crippen LogP contribution in [0.1, 0.15) is 34.1 Å². The van der Waals surface area contributed by atoms with Crippen LogP contribution in [0.2, 0.25) is 0 Å². The van der Waals surface area contributed by atoms with E-state index < -0.39 is 16.1 Å². The van der Waals surface area contributed by atoms with Gasteiger partial charge >= 0.3 is 0 Å². The molecule has 0 aliphatic rings. The van der Waals surface area contributed by atoms with Gasteiger partial charge in [0.1, 0.15) is 9.90 Å². The zero-order chi connectivity index (χ0) is 14.9. The summed E-state index contributed by atoms with van der Waals surface area (Å²) in [5.41, 5.74) is 1.52. The molecule has 0 fully saturated rings. The quantitative estimate of drug-likeness (QED) is 0.881. The van der Waals surface area contributed by atoms with Crippen molar-refractivity contribution in [3.8, 4) is 0 Å². The number of aryl methyl sites for hydroxylation is 2. The average molecular weight is 332 g/mol. The number of thiazole rings is 1. The van der Waals surface area contributed by atoms with Gasteiger partial charge in [-0.15, -0.1) is 22.7 Å². The Kier molecular flexibility index (Phi) is 4.60. The van der Waals surface area contributed by atoms with E-state index in [0.717, 1.165) is 10.7 Å². The lowest BCUT2D eigenvalue weighted by atomic mass is 10.3. The summed E-state index contributed by atoms with van der Waals surface area (Å²) in [5.74, 6) is 0. The second-order valence-electron chi connectivity index (χ2n) is 4.50. The number of nitrogens with zero attached hydrogens (tertiary/aromatic N) is 1. The maximum Gasteiger partial charge on any atom is 0.242 e. The molecule has 2 rings (SSSR count). The molecular formula is C12H16N2O3S3. The van der Waals surface area contributed by atoms with Gasteiger partial charge < -0.3 is 5.11 Å². The third-order valence-corrected chi connectivity index (χ3v) is 6.87. The van der Waals surface area contributed by atoms with Crippen LogP contribution in [0.15, 0.2) is 15.7 Å². The molecule has 0 aliphatic carbocycles. The summed E-state index contributed by atoms with van der Waals surface area (Å²) < 4.78 is 27.5. The number of hydrogen-bond acceptors (Lipinski definition) is 6. The minimum absolute atomic E-state index is 0.185. The van der Waals surface area contributed by atoms with E-state index in [-0.39, 0.29) is 11.5 Å². The lowest BCUT2D eigenvalue weighted by molar-refractivity contribution is 0.282. The molecule has 0 saturated heterocycles. The molecule has 8 heteroatoms. The summed E-state index contributed by atoms with van der Waals surface area (Å²) >= 11 is 2.67. The number of aliphatic hydroxyl groups is 1. The van der Waals surface area contributed by atoms with Crippen LogP contribution in [-0.2, 0) is 16.6 Å². The minimum atomic E-state index is -3.66. The van der Waals surface area contributed by atoms with Gasteiger partial charge in [0, 0.05) is 11.1 Å². The van der Waals surface area contributed by atoms with Gasteiger partial charge in [0.2, 0.25) is 10.0 Å². The van der Waals surface area contributed by atoms with E-state index in [1.165, 1.54) is 22.7 Å². The first-order valence-corrected chi connectivity index (χ1v) is 9.21. The van der Waals surface area contributed by atoms with E-state index in [1.807, 2.05) is 12.3 Å². The van der Waals surface area contributed by atoms with Gasteiger partial charge in [-0.05, 0) is 31.7 Å². The Hall–Kier alpha value is -0.800. The summed E-state index contributed by atoms with van der Waals surface area (Å²) in [5, 5.41) is 13.6. The normalized spacial score (nSPS) is 13.6. The van der Waals surface area contributed by atoms with Crippen LogP contribution in [0.5, 0.6) is 0 Å². The number of thiophene rings is 1. The number of nitrogens with one attached hydrogen (secondary N) is 1. The van der Waals surface area contributed by atoms with Crippen molar-refractivity contribution in [3.63, 3.8) is 0 Å². The molecule has 0 aromatic carbocycles. The van der Waals surface area contributed by atoms with Crippen LogP contribution in [-0.4, -0.2) is 18.5 Å². The molecule has 20 heavy (non-hydrogen) atoms. The smallest absolute Gasteiger partial charge is 0.242 e. The van der Waals surface area contributed by atoms with Crippen molar-refractivity contribution in [3.05, 3.63) is 31.9 Å². The highest BCUT2D eigenvalue weighted by Crippen LogP contribution is 2.28. The van der Waals surface area contributed by atoms with Gasteiger partial charge in [0.05, 0.1) is 17.5 Å². The summed E-state index contributed by atoms with van der Waals surface area (Å²) in [6.07, 6.45) is 0. The number of rotatable bonds is 5. The average Bonchev–Trinajstić information content (AvgIpc) is 2.94. The minimum Gasteiger partial charge on any atom is -0.391 e. The first kappa shape index (κ1) is 15.6. The van der Waals surface area contributed by atoms with Crippen LogP contribution in [0.25, 0.3) is 0 Å². The van der Waals surface area contributed by atoms with Crippen molar-refractivity contribution < 1.29 is 13.5 Å². The van der Waals surface area contributed by atoms with Crippen LogP contribution in [0, 0.1) is 13.8 Å². The molecule has 5 nitrogen and oxygen atoms in total. The van der Waals surface area contributed by atoms with E-state index >= 15 is 0 Å². The van der Waals surface area contributed by atoms with Crippen LogP contribution < -0.4 is 4.72 Å². The highest BCUT2D eigenvalue weighted by molar-refractivity contribution is 7.89. The maximum absolute atomic E-state index is 12.4. The van der Waals surface area contributed by atoms with Gasteiger partial charge in [-0.25, -0.2) is 18.1 Å². The Morgan fingerprint density at radius 2 is 2.05 bits per heavy atom. The van der Waals surface area contributed by atoms with Crippen molar-refractivity contribution in [2.24, 2.45) is 0 Å². The van der Waals surface area contributed by atoms with Crippen molar-refractivity contribution in [1.29, 1.82) is 0 Å². The summed E-state index contributed by atoms with van der Waals surface area (Å²) in [6, 6.07) is -0.399. The lowest BCUT2D eigenvalue weighted by Gasteiger charge is -2.13. The molecule has 0 radical (unpaired) electrons. The number of aromatic nitrogens is 1. The standard InChI is InChI=1S/C12H16N2O3S3/c1-7-5-18-10(4-15)11(7)20(16,17)14-9(3)12-13-8(2)6-19-12/h5-6,9,14-15H,4H2,1-3H3. The summed E-state index contributed by atoms with van der Waals surface area (Å²) in [6.45, 7) is 5.08. The van der Waals surface area contributed by atoms with E-state index in [4.69, 9.17) is 0 Å². The molecule has 0 spiro atoms. The molecule has 0 saturated carbocycles. The predicted molar refractivity (Wildman–Crippen MR) is 80.6 cm³/mol. The molecule has 0 aliphatic heterocycles. The molecule has 1 atom stereocenters. The Morgan fingerprint density at radius 1 is 1.35 bits per heavy atom. The third kappa shape index (κ3) is 3.09. The Morgan fingerprint density at radius 3 is 2.60 bits per heavy atom. The van der Waals surface area contributed by atoms with Crippen LogP contribution in [0.3, 0.4) is 0 Å². The monoisotopic (exact) mass is 332 g/mol. The topological polar surface area (TPSA) is 79.3 Å². The zero-order valence-corrected chi connectivity index (χ0v) is 13.8. The fourth-order valence-electron chi connectivity index (χ4n) is 1.87. The lowest BCUT2D eigenvalue weighted by Crippen LogP contribution is -2.27.